The molecule has 2 amide bonds. The monoisotopic (exact) mass is 195 g/mol. The van der Waals surface area contributed by atoms with Gasteiger partial charge in [-0.15, -0.1) is 5.16 Å². The van der Waals surface area contributed by atoms with E-state index in [4.69, 9.17) is 10.9 Å². The molecule has 1 aromatic carbocycles. The summed E-state index contributed by atoms with van der Waals surface area (Å²) < 4.78 is 0. The van der Waals surface area contributed by atoms with Crippen molar-refractivity contribution in [1.82, 2.24) is 0 Å². The summed E-state index contributed by atoms with van der Waals surface area (Å²) in [4.78, 5) is 10.3. The lowest BCUT2D eigenvalue weighted by atomic mass is 10.3. The molecule has 1 aromatic rings. The van der Waals surface area contributed by atoms with Crippen LogP contribution in [0.2, 0.25) is 0 Å². The number of oxime groups is 1. The standard InChI is InChI=1S/C7H8N2O.C2H5NO/c8-7(10)9-6-4-2-1-3-5-6;1-2-3-4/h1-5H,(H3,8,9,10);2,4H,1H3/b;3-2+. The van der Waals surface area contributed by atoms with Crippen molar-refractivity contribution in [2.24, 2.45) is 10.9 Å². The van der Waals surface area contributed by atoms with Crippen LogP contribution in [0.3, 0.4) is 0 Å². The zero-order chi connectivity index (χ0) is 10.8. The van der Waals surface area contributed by atoms with Crippen molar-refractivity contribution < 1.29 is 10.0 Å². The summed E-state index contributed by atoms with van der Waals surface area (Å²) in [5.41, 5.74) is 5.59. The van der Waals surface area contributed by atoms with E-state index in [1.807, 2.05) is 18.2 Å². The fourth-order valence-electron chi connectivity index (χ4n) is 0.664. The molecular weight excluding hydrogens is 182 g/mol. The van der Waals surface area contributed by atoms with Crippen molar-refractivity contribution in [3.8, 4) is 0 Å². The summed E-state index contributed by atoms with van der Waals surface area (Å²) in [6.45, 7) is 1.64. The predicted molar refractivity (Wildman–Crippen MR) is 55.6 cm³/mol. The molecule has 0 aliphatic rings. The Kier molecular flexibility index (Phi) is 6.49. The van der Waals surface area contributed by atoms with Crippen LogP contribution in [0.4, 0.5) is 10.5 Å². The van der Waals surface area contributed by atoms with Gasteiger partial charge in [0.15, 0.2) is 0 Å². The molecule has 14 heavy (non-hydrogen) atoms. The molecule has 0 atom stereocenters. The smallest absolute Gasteiger partial charge is 0.316 e. The quantitative estimate of drug-likeness (QED) is 0.361. The molecule has 4 N–H and O–H groups in total. The van der Waals surface area contributed by atoms with E-state index in [-0.39, 0.29) is 0 Å². The molecule has 0 saturated heterocycles. The largest absolute Gasteiger partial charge is 0.411 e. The van der Waals surface area contributed by atoms with Crippen LogP contribution in [0.25, 0.3) is 0 Å². The first-order valence-corrected chi connectivity index (χ1v) is 3.94. The molecule has 0 aliphatic carbocycles. The predicted octanol–water partition coefficient (Wildman–Crippen LogP) is 1.64. The number of nitrogens with two attached hydrogens (primary N) is 1. The zero-order valence-corrected chi connectivity index (χ0v) is 7.84. The number of amides is 2. The summed E-state index contributed by atoms with van der Waals surface area (Å²) >= 11 is 0. The zero-order valence-electron chi connectivity index (χ0n) is 7.84. The Balaban J connectivity index is 0.000000364. The van der Waals surface area contributed by atoms with Crippen LogP contribution in [0.15, 0.2) is 35.5 Å². The molecule has 0 unspecified atom stereocenters. The lowest BCUT2D eigenvalue weighted by molar-refractivity contribution is 0.259. The fourth-order valence-corrected chi connectivity index (χ4v) is 0.664. The average molecular weight is 195 g/mol. The van der Waals surface area contributed by atoms with E-state index in [1.54, 1.807) is 19.1 Å². The first-order chi connectivity index (χ1) is 6.70. The molecule has 0 heterocycles. The van der Waals surface area contributed by atoms with Crippen molar-refractivity contribution >= 4 is 17.9 Å². The molecule has 0 spiro atoms. The van der Waals surface area contributed by atoms with Crippen LogP contribution in [0.1, 0.15) is 6.92 Å². The molecule has 0 saturated carbocycles. The van der Waals surface area contributed by atoms with E-state index < -0.39 is 6.03 Å². The Hall–Kier alpha value is -2.04. The van der Waals surface area contributed by atoms with Gasteiger partial charge in [0.1, 0.15) is 0 Å². The Bertz CT molecular complexity index is 281. The number of rotatable bonds is 1. The van der Waals surface area contributed by atoms with Crippen LogP contribution in [0, 0.1) is 0 Å². The van der Waals surface area contributed by atoms with Crippen molar-refractivity contribution in [3.05, 3.63) is 30.3 Å². The third-order valence-corrected chi connectivity index (χ3v) is 1.16. The first-order valence-electron chi connectivity index (χ1n) is 3.94. The normalized spacial score (nSPS) is 8.93. The summed E-state index contributed by atoms with van der Waals surface area (Å²) in [7, 11) is 0. The van der Waals surface area contributed by atoms with Gasteiger partial charge in [0.25, 0.3) is 0 Å². The van der Waals surface area contributed by atoms with Crippen LogP contribution < -0.4 is 11.1 Å². The number of urea groups is 1. The van der Waals surface area contributed by atoms with Crippen LogP contribution in [0.5, 0.6) is 0 Å². The van der Waals surface area contributed by atoms with E-state index in [0.717, 1.165) is 5.69 Å². The van der Waals surface area contributed by atoms with Gasteiger partial charge >= 0.3 is 6.03 Å². The summed E-state index contributed by atoms with van der Waals surface area (Å²) in [6.07, 6.45) is 1.31. The van der Waals surface area contributed by atoms with Gasteiger partial charge in [0.05, 0.1) is 0 Å². The molecule has 0 fully saturated rings. The molecule has 5 heteroatoms. The van der Waals surface area contributed by atoms with Crippen LogP contribution in [-0.2, 0) is 0 Å². The lowest BCUT2D eigenvalue weighted by Gasteiger charge is -1.97. The lowest BCUT2D eigenvalue weighted by Crippen LogP contribution is -2.18. The number of hydrogen-bond acceptors (Lipinski definition) is 3. The van der Waals surface area contributed by atoms with E-state index in [1.165, 1.54) is 6.21 Å². The van der Waals surface area contributed by atoms with E-state index in [0.29, 0.717) is 0 Å². The van der Waals surface area contributed by atoms with Gasteiger partial charge in [-0.2, -0.15) is 0 Å². The number of hydrogen-bond donors (Lipinski definition) is 3. The van der Waals surface area contributed by atoms with Crippen molar-refractivity contribution in [3.63, 3.8) is 0 Å². The highest BCUT2D eigenvalue weighted by Gasteiger charge is 1.90. The van der Waals surface area contributed by atoms with Crippen molar-refractivity contribution in [2.45, 2.75) is 6.92 Å². The number of nitrogens with one attached hydrogen (secondary N) is 1. The fraction of sp³-hybridized carbons (Fsp3) is 0.111. The number of anilines is 1. The van der Waals surface area contributed by atoms with Gasteiger partial charge < -0.3 is 16.3 Å². The molecule has 0 bridgehead atoms. The van der Waals surface area contributed by atoms with E-state index in [9.17, 15) is 4.79 Å². The highest BCUT2D eigenvalue weighted by molar-refractivity contribution is 5.87. The third kappa shape index (κ3) is 6.66. The van der Waals surface area contributed by atoms with Crippen LogP contribution >= 0.6 is 0 Å². The molecule has 0 aliphatic heterocycles. The first kappa shape index (κ1) is 12.0. The SMILES string of the molecule is C/C=N/O.NC(=O)Nc1ccccc1. The Morgan fingerprint density at radius 3 is 2.36 bits per heavy atom. The van der Waals surface area contributed by atoms with Gasteiger partial charge in [-0.25, -0.2) is 4.79 Å². The maximum absolute atomic E-state index is 10.3. The number of carbonyl (C=O) groups excluding carboxylic acids is 1. The number of nitrogens with zero attached hydrogens (tertiary/aromatic N) is 1. The van der Waals surface area contributed by atoms with Gasteiger partial charge in [0, 0.05) is 11.9 Å². The Labute approximate surface area is 82.2 Å². The molecule has 0 aromatic heterocycles. The van der Waals surface area contributed by atoms with Gasteiger partial charge in [-0.05, 0) is 19.1 Å². The van der Waals surface area contributed by atoms with Crippen LogP contribution in [-0.4, -0.2) is 17.5 Å². The summed E-state index contributed by atoms with van der Waals surface area (Å²) in [5, 5.41) is 12.5. The minimum absolute atomic E-state index is 0.536. The molecule has 5 nitrogen and oxygen atoms in total. The highest BCUT2D eigenvalue weighted by atomic mass is 16.4. The van der Waals surface area contributed by atoms with Gasteiger partial charge in [-0.3, -0.25) is 0 Å². The second kappa shape index (κ2) is 7.60. The second-order valence-corrected chi connectivity index (χ2v) is 2.23. The van der Waals surface area contributed by atoms with Crippen molar-refractivity contribution in [2.75, 3.05) is 5.32 Å². The average Bonchev–Trinajstić information content (AvgIpc) is 2.19. The summed E-state index contributed by atoms with van der Waals surface area (Å²) in [6, 6.07) is 8.52. The summed E-state index contributed by atoms with van der Waals surface area (Å²) in [5.74, 6) is 0. The van der Waals surface area contributed by atoms with Gasteiger partial charge in [0.2, 0.25) is 0 Å². The van der Waals surface area contributed by atoms with E-state index >= 15 is 0 Å². The molecule has 0 radical (unpaired) electrons. The molecular formula is C9H13N3O2. The number of primary amides is 1. The molecule has 76 valence electrons. The topological polar surface area (TPSA) is 87.7 Å². The third-order valence-electron chi connectivity index (χ3n) is 1.16. The van der Waals surface area contributed by atoms with Crippen molar-refractivity contribution in [1.29, 1.82) is 0 Å². The maximum Gasteiger partial charge on any atom is 0.316 e. The number of benzene rings is 1. The number of carbonyl (C=O) groups is 1. The minimum Gasteiger partial charge on any atom is -0.411 e. The molecule has 1 rings (SSSR count). The van der Waals surface area contributed by atoms with E-state index in [2.05, 4.69) is 10.5 Å². The minimum atomic E-state index is -0.536. The second-order valence-electron chi connectivity index (χ2n) is 2.23. The Morgan fingerprint density at radius 1 is 1.50 bits per heavy atom. The Morgan fingerprint density at radius 2 is 2.00 bits per heavy atom. The maximum atomic E-state index is 10.3. The van der Waals surface area contributed by atoms with Gasteiger partial charge in [-0.1, -0.05) is 18.2 Å². The highest BCUT2D eigenvalue weighted by Crippen LogP contribution is 2.03. The number of para-hydroxylation sites is 1.